The third-order valence-corrected chi connectivity index (χ3v) is 1.86. The van der Waals surface area contributed by atoms with E-state index in [0.717, 1.165) is 0 Å². The number of Topliss-reactive ketones (excluding diaryl/α,β-unsaturated/α-hetero) is 1. The van der Waals surface area contributed by atoms with E-state index in [-0.39, 0.29) is 12.1 Å². The van der Waals surface area contributed by atoms with Crippen LogP contribution in [-0.4, -0.2) is 31.3 Å². The predicted molar refractivity (Wildman–Crippen MR) is 55.8 cm³/mol. The number of benzene rings is 1. The lowest BCUT2D eigenvalue weighted by atomic mass is 10.1. The topological polar surface area (TPSA) is 72.5 Å². The fraction of sp³-hybridized carbons (Fsp3) is 0.182. The van der Waals surface area contributed by atoms with Crippen LogP contribution in [0.5, 0.6) is 0 Å². The minimum Gasteiger partial charge on any atom is -0.468 e. The van der Waals surface area contributed by atoms with Gasteiger partial charge in [0.05, 0.1) is 7.11 Å². The van der Waals surface area contributed by atoms with Gasteiger partial charge in [-0.3, -0.25) is 14.4 Å². The molecule has 0 spiro atoms. The monoisotopic (exact) mass is 221 g/mol. The minimum absolute atomic E-state index is 0.282. The summed E-state index contributed by atoms with van der Waals surface area (Å²) in [5, 5.41) is 2.17. The zero-order valence-corrected chi connectivity index (χ0v) is 8.73. The first-order valence-electron chi connectivity index (χ1n) is 4.59. The molecule has 16 heavy (non-hydrogen) atoms. The van der Waals surface area contributed by atoms with E-state index < -0.39 is 17.7 Å². The van der Waals surface area contributed by atoms with Gasteiger partial charge in [0, 0.05) is 5.56 Å². The minimum atomic E-state index is -0.823. The fourth-order valence-corrected chi connectivity index (χ4v) is 1.03. The Bertz CT molecular complexity index is 400. The van der Waals surface area contributed by atoms with Crippen molar-refractivity contribution in [3.63, 3.8) is 0 Å². The molecule has 0 saturated heterocycles. The molecule has 0 atom stereocenters. The van der Waals surface area contributed by atoms with Crippen LogP contribution in [0.4, 0.5) is 0 Å². The summed E-state index contributed by atoms with van der Waals surface area (Å²) in [6.07, 6.45) is 0. The maximum atomic E-state index is 11.5. The molecular formula is C11H11NO4. The van der Waals surface area contributed by atoms with Gasteiger partial charge in [0.1, 0.15) is 6.54 Å². The van der Waals surface area contributed by atoms with Crippen LogP contribution in [0.3, 0.4) is 0 Å². The molecule has 1 aromatic rings. The van der Waals surface area contributed by atoms with Gasteiger partial charge in [-0.25, -0.2) is 0 Å². The Kier molecular flexibility index (Phi) is 4.20. The first kappa shape index (κ1) is 11.9. The molecular weight excluding hydrogens is 210 g/mol. The van der Waals surface area contributed by atoms with Crippen molar-refractivity contribution in [2.24, 2.45) is 0 Å². The molecule has 0 heterocycles. The third kappa shape index (κ3) is 3.20. The fourth-order valence-electron chi connectivity index (χ4n) is 1.03. The Morgan fingerprint density at radius 3 is 2.38 bits per heavy atom. The number of ether oxygens (including phenoxy) is 1. The number of esters is 1. The Morgan fingerprint density at radius 1 is 1.19 bits per heavy atom. The molecule has 0 fully saturated rings. The number of hydrogen-bond acceptors (Lipinski definition) is 4. The lowest BCUT2D eigenvalue weighted by Gasteiger charge is -2.02. The number of methoxy groups -OCH3 is 1. The van der Waals surface area contributed by atoms with E-state index in [9.17, 15) is 14.4 Å². The van der Waals surface area contributed by atoms with Crippen molar-refractivity contribution in [1.29, 1.82) is 0 Å². The van der Waals surface area contributed by atoms with Crippen LogP contribution in [0.25, 0.3) is 0 Å². The van der Waals surface area contributed by atoms with E-state index in [2.05, 4.69) is 10.1 Å². The molecule has 0 saturated carbocycles. The van der Waals surface area contributed by atoms with Crippen molar-refractivity contribution >= 4 is 17.7 Å². The van der Waals surface area contributed by atoms with Crippen LogP contribution in [0.1, 0.15) is 10.4 Å². The summed E-state index contributed by atoms with van der Waals surface area (Å²) >= 11 is 0. The maximum absolute atomic E-state index is 11.5. The largest absolute Gasteiger partial charge is 0.468 e. The molecule has 0 radical (unpaired) electrons. The van der Waals surface area contributed by atoms with Crippen LogP contribution < -0.4 is 5.32 Å². The second-order valence-electron chi connectivity index (χ2n) is 2.95. The summed E-state index contributed by atoms with van der Waals surface area (Å²) in [4.78, 5) is 33.5. The molecule has 1 amide bonds. The molecule has 1 N–H and O–H groups in total. The van der Waals surface area contributed by atoms with Gasteiger partial charge in [-0.15, -0.1) is 0 Å². The van der Waals surface area contributed by atoms with Crippen LogP contribution in [0.2, 0.25) is 0 Å². The number of hydrogen-bond donors (Lipinski definition) is 1. The normalized spacial score (nSPS) is 9.31. The van der Waals surface area contributed by atoms with Crippen LogP contribution in [0.15, 0.2) is 30.3 Å². The molecule has 0 aromatic heterocycles. The van der Waals surface area contributed by atoms with Crippen molar-refractivity contribution in [3.8, 4) is 0 Å². The van der Waals surface area contributed by atoms with Crippen LogP contribution in [0, 0.1) is 0 Å². The lowest BCUT2D eigenvalue weighted by Crippen LogP contribution is -2.35. The van der Waals surface area contributed by atoms with Crippen molar-refractivity contribution in [2.45, 2.75) is 0 Å². The molecule has 1 rings (SSSR count). The van der Waals surface area contributed by atoms with Crippen LogP contribution >= 0.6 is 0 Å². The third-order valence-electron chi connectivity index (χ3n) is 1.86. The number of carbonyl (C=O) groups is 3. The molecule has 0 aliphatic carbocycles. The summed E-state index contributed by atoms with van der Waals surface area (Å²) in [7, 11) is 1.20. The van der Waals surface area contributed by atoms with E-state index in [0.29, 0.717) is 0 Å². The summed E-state index contributed by atoms with van der Waals surface area (Å²) in [6, 6.07) is 8.10. The highest BCUT2D eigenvalue weighted by molar-refractivity contribution is 6.42. The number of carbonyl (C=O) groups excluding carboxylic acids is 3. The van der Waals surface area contributed by atoms with Crippen molar-refractivity contribution < 1.29 is 19.1 Å². The second kappa shape index (κ2) is 5.65. The Morgan fingerprint density at radius 2 is 1.81 bits per heavy atom. The Labute approximate surface area is 92.4 Å². The summed E-state index contributed by atoms with van der Waals surface area (Å²) in [6.45, 7) is -0.312. The van der Waals surface area contributed by atoms with Gasteiger partial charge in [-0.2, -0.15) is 0 Å². The van der Waals surface area contributed by atoms with Gasteiger partial charge in [-0.05, 0) is 0 Å². The number of rotatable bonds is 4. The van der Waals surface area contributed by atoms with Gasteiger partial charge in [0.15, 0.2) is 0 Å². The van der Waals surface area contributed by atoms with Crippen molar-refractivity contribution in [1.82, 2.24) is 5.32 Å². The van der Waals surface area contributed by atoms with Gasteiger partial charge in [-0.1, -0.05) is 30.3 Å². The van der Waals surface area contributed by atoms with Gasteiger partial charge in [0.2, 0.25) is 5.78 Å². The number of ketones is 1. The van der Waals surface area contributed by atoms with Gasteiger partial charge in [0.25, 0.3) is 5.91 Å². The molecule has 0 unspecified atom stereocenters. The quantitative estimate of drug-likeness (QED) is 0.446. The summed E-state index contributed by atoms with van der Waals surface area (Å²) in [5.74, 6) is -2.10. The Hall–Kier alpha value is -2.17. The number of amides is 1. The highest BCUT2D eigenvalue weighted by Crippen LogP contribution is 1.99. The molecule has 84 valence electrons. The highest BCUT2D eigenvalue weighted by atomic mass is 16.5. The van der Waals surface area contributed by atoms with Crippen molar-refractivity contribution in [2.75, 3.05) is 13.7 Å². The van der Waals surface area contributed by atoms with E-state index in [1.54, 1.807) is 18.2 Å². The number of nitrogens with one attached hydrogen (secondary N) is 1. The van der Waals surface area contributed by atoms with E-state index in [1.165, 1.54) is 19.2 Å². The zero-order chi connectivity index (χ0) is 12.0. The maximum Gasteiger partial charge on any atom is 0.325 e. The van der Waals surface area contributed by atoms with Gasteiger partial charge < -0.3 is 10.1 Å². The first-order valence-corrected chi connectivity index (χ1v) is 4.59. The van der Waals surface area contributed by atoms with Crippen molar-refractivity contribution in [3.05, 3.63) is 35.9 Å². The van der Waals surface area contributed by atoms with Gasteiger partial charge >= 0.3 is 5.97 Å². The Balaban J connectivity index is 2.56. The van der Waals surface area contributed by atoms with E-state index in [4.69, 9.17) is 0 Å². The highest BCUT2D eigenvalue weighted by Gasteiger charge is 2.16. The van der Waals surface area contributed by atoms with E-state index in [1.807, 2.05) is 0 Å². The second-order valence-corrected chi connectivity index (χ2v) is 2.95. The molecule has 0 aliphatic rings. The average Bonchev–Trinajstić information content (AvgIpc) is 2.35. The predicted octanol–water partition coefficient (Wildman–Crippen LogP) is 0.158. The smallest absolute Gasteiger partial charge is 0.325 e. The average molecular weight is 221 g/mol. The van der Waals surface area contributed by atoms with E-state index >= 15 is 0 Å². The molecule has 5 heteroatoms. The summed E-state index contributed by atoms with van der Waals surface area (Å²) in [5.41, 5.74) is 0.282. The molecule has 1 aromatic carbocycles. The molecule has 0 bridgehead atoms. The lowest BCUT2D eigenvalue weighted by molar-refractivity contribution is -0.140. The zero-order valence-electron chi connectivity index (χ0n) is 8.73. The SMILES string of the molecule is COC(=O)CNC(=O)C(=O)c1ccccc1. The standard InChI is InChI=1S/C11H11NO4/c1-16-9(13)7-12-11(15)10(14)8-5-3-2-4-6-8/h2-6H,7H2,1H3,(H,12,15). The molecule has 5 nitrogen and oxygen atoms in total. The first-order chi connectivity index (χ1) is 7.65. The van der Waals surface area contributed by atoms with Crippen LogP contribution in [-0.2, 0) is 14.3 Å². The summed E-state index contributed by atoms with van der Waals surface area (Å²) < 4.78 is 4.32. The molecule has 0 aliphatic heterocycles.